The highest BCUT2D eigenvalue weighted by molar-refractivity contribution is 7.03. The van der Waals surface area contributed by atoms with Gasteiger partial charge in [0, 0.05) is 0 Å². The third kappa shape index (κ3) is 0.781. The molecule has 0 saturated carbocycles. The van der Waals surface area contributed by atoms with Crippen LogP contribution in [0.4, 0.5) is 5.82 Å². The second-order valence-electron chi connectivity index (χ2n) is 1.59. The zero-order chi connectivity index (χ0) is 6.81. The fourth-order valence-electron chi connectivity index (χ4n) is 0.588. The number of hydrazine groups is 1. The number of aromatic nitrogens is 2. The van der Waals surface area contributed by atoms with Crippen LogP contribution in [0.1, 0.15) is 0 Å². The van der Waals surface area contributed by atoms with Gasteiger partial charge in [0.2, 0.25) is 5.82 Å². The van der Waals surface area contributed by atoms with Crippen molar-refractivity contribution < 1.29 is 4.84 Å². The molecule has 0 unspecified atom stereocenters. The van der Waals surface area contributed by atoms with Crippen molar-refractivity contribution in [3.63, 3.8) is 0 Å². The fraction of sp³-hybridized carbons (Fsp3) is 0. The Labute approximate surface area is 61.0 Å². The highest BCUT2D eigenvalue weighted by Crippen LogP contribution is 2.11. The van der Waals surface area contributed by atoms with E-state index in [1.54, 1.807) is 11.6 Å². The number of hydrogen-bond acceptors (Lipinski definition) is 6. The molecule has 0 spiro atoms. The minimum Gasteiger partial charge on any atom is -0.364 e. The first-order valence-electron chi connectivity index (χ1n) is 2.62. The summed E-state index contributed by atoms with van der Waals surface area (Å²) in [5.41, 5.74) is 2.79. The minimum atomic E-state index is 0.662. The van der Waals surface area contributed by atoms with E-state index in [-0.39, 0.29) is 0 Å². The van der Waals surface area contributed by atoms with E-state index < -0.39 is 0 Å². The maximum absolute atomic E-state index is 4.94. The third-order valence-electron chi connectivity index (χ3n) is 0.983. The first-order valence-corrected chi connectivity index (χ1v) is 3.45. The van der Waals surface area contributed by atoms with E-state index in [0.29, 0.717) is 5.82 Å². The Balaban J connectivity index is 2.14. The number of hydrogen-bond donors (Lipinski definition) is 1. The molecule has 52 valence electrons. The molecule has 0 saturated heterocycles. The molecular formula is C4H4N4OS. The van der Waals surface area contributed by atoms with Gasteiger partial charge in [-0.15, -0.1) is 5.10 Å². The Kier molecular flexibility index (Phi) is 1.17. The number of nitrogens with zero attached hydrogens (tertiary/aromatic N) is 3. The van der Waals surface area contributed by atoms with Crippen molar-refractivity contribution in [3.05, 3.63) is 17.8 Å². The second kappa shape index (κ2) is 2.14. The average molecular weight is 156 g/mol. The molecule has 0 aliphatic carbocycles. The lowest BCUT2D eigenvalue weighted by Gasteiger charge is -2.10. The quantitative estimate of drug-likeness (QED) is 0.632. The van der Waals surface area contributed by atoms with E-state index >= 15 is 0 Å². The SMILES string of the molecule is C1=CON(c2csnn2)N1. The van der Waals surface area contributed by atoms with Crippen molar-refractivity contribution in [3.8, 4) is 0 Å². The monoisotopic (exact) mass is 156 g/mol. The van der Waals surface area contributed by atoms with E-state index in [2.05, 4.69) is 15.0 Å². The topological polar surface area (TPSA) is 50.3 Å². The third-order valence-corrected chi connectivity index (χ3v) is 1.47. The Bertz CT molecular complexity index is 225. The predicted octanol–water partition coefficient (Wildman–Crippen LogP) is 0.265. The summed E-state index contributed by atoms with van der Waals surface area (Å²) in [6, 6.07) is 0. The molecule has 2 rings (SSSR count). The summed E-state index contributed by atoms with van der Waals surface area (Å²) in [6.45, 7) is 0. The maximum atomic E-state index is 4.94. The Morgan fingerprint density at radius 2 is 2.70 bits per heavy atom. The molecule has 5 nitrogen and oxygen atoms in total. The Morgan fingerprint density at radius 3 is 3.30 bits per heavy atom. The van der Waals surface area contributed by atoms with E-state index in [0.717, 1.165) is 0 Å². The summed E-state index contributed by atoms with van der Waals surface area (Å²) < 4.78 is 3.67. The van der Waals surface area contributed by atoms with Crippen LogP contribution in [0, 0.1) is 0 Å². The van der Waals surface area contributed by atoms with Crippen LogP contribution in [0.2, 0.25) is 0 Å². The highest BCUT2D eigenvalue weighted by Gasteiger charge is 2.10. The van der Waals surface area contributed by atoms with Crippen molar-refractivity contribution in [1.82, 2.24) is 15.0 Å². The normalized spacial score (nSPS) is 15.0. The van der Waals surface area contributed by atoms with E-state index in [1.165, 1.54) is 23.0 Å². The van der Waals surface area contributed by atoms with Gasteiger partial charge in [-0.1, -0.05) is 9.66 Å². The molecule has 1 aliphatic heterocycles. The molecular weight excluding hydrogens is 152 g/mol. The van der Waals surface area contributed by atoms with E-state index in [1.807, 2.05) is 0 Å². The van der Waals surface area contributed by atoms with Crippen molar-refractivity contribution in [2.75, 3.05) is 5.17 Å². The molecule has 0 radical (unpaired) electrons. The van der Waals surface area contributed by atoms with E-state index in [4.69, 9.17) is 4.84 Å². The molecule has 0 fully saturated rings. The van der Waals surface area contributed by atoms with Crippen LogP contribution in [0.25, 0.3) is 0 Å². The molecule has 0 bridgehead atoms. The molecule has 2 heterocycles. The van der Waals surface area contributed by atoms with Crippen LogP contribution in [0.3, 0.4) is 0 Å². The molecule has 1 aliphatic rings. The Hall–Kier alpha value is -1.30. The van der Waals surface area contributed by atoms with Gasteiger partial charge >= 0.3 is 0 Å². The van der Waals surface area contributed by atoms with Crippen LogP contribution in [0.15, 0.2) is 17.8 Å². The number of rotatable bonds is 1. The van der Waals surface area contributed by atoms with Crippen molar-refractivity contribution in [2.45, 2.75) is 0 Å². The molecule has 10 heavy (non-hydrogen) atoms. The second-order valence-corrected chi connectivity index (χ2v) is 2.20. The van der Waals surface area contributed by atoms with Gasteiger partial charge in [0.05, 0.1) is 11.6 Å². The van der Waals surface area contributed by atoms with Crippen molar-refractivity contribution in [2.24, 2.45) is 0 Å². The smallest absolute Gasteiger partial charge is 0.222 e. The standard InChI is InChI=1S/C4H4N4OS/c1-2-9-8(5-1)4-3-10-7-6-4/h1-3,5H. The summed E-state index contributed by atoms with van der Waals surface area (Å²) >= 11 is 1.28. The van der Waals surface area contributed by atoms with Crippen molar-refractivity contribution in [1.29, 1.82) is 0 Å². The lowest BCUT2D eigenvalue weighted by Crippen LogP contribution is -2.28. The van der Waals surface area contributed by atoms with Gasteiger partial charge in [-0.3, -0.25) is 5.43 Å². The molecule has 0 amide bonds. The first kappa shape index (κ1) is 5.48. The van der Waals surface area contributed by atoms with Crippen molar-refractivity contribution >= 4 is 17.4 Å². The van der Waals surface area contributed by atoms with Gasteiger partial charge in [0.1, 0.15) is 6.26 Å². The molecule has 0 aromatic carbocycles. The number of anilines is 1. The van der Waals surface area contributed by atoms with Gasteiger partial charge in [0.15, 0.2) is 0 Å². The maximum Gasteiger partial charge on any atom is 0.222 e. The average Bonchev–Trinajstić information content (AvgIpc) is 2.59. The Morgan fingerprint density at radius 1 is 1.70 bits per heavy atom. The summed E-state index contributed by atoms with van der Waals surface area (Å²) in [5, 5.41) is 6.96. The lowest BCUT2D eigenvalue weighted by molar-refractivity contribution is 0.218. The zero-order valence-electron chi connectivity index (χ0n) is 4.89. The first-order chi connectivity index (χ1) is 4.97. The van der Waals surface area contributed by atoms with Crippen LogP contribution < -0.4 is 10.6 Å². The zero-order valence-corrected chi connectivity index (χ0v) is 5.71. The summed E-state index contributed by atoms with van der Waals surface area (Å²) in [6.07, 6.45) is 3.19. The summed E-state index contributed by atoms with van der Waals surface area (Å²) in [7, 11) is 0. The predicted molar refractivity (Wildman–Crippen MR) is 35.7 cm³/mol. The molecule has 0 atom stereocenters. The van der Waals surface area contributed by atoms with Gasteiger partial charge in [-0.05, 0) is 11.5 Å². The lowest BCUT2D eigenvalue weighted by atomic mass is 10.8. The van der Waals surface area contributed by atoms with Crippen LogP contribution >= 0.6 is 11.5 Å². The van der Waals surface area contributed by atoms with Gasteiger partial charge in [-0.25, -0.2) is 0 Å². The minimum absolute atomic E-state index is 0.662. The van der Waals surface area contributed by atoms with Crippen LogP contribution in [-0.4, -0.2) is 9.59 Å². The summed E-state index contributed by atoms with van der Waals surface area (Å²) in [4.78, 5) is 4.94. The van der Waals surface area contributed by atoms with Crippen LogP contribution in [0.5, 0.6) is 0 Å². The largest absolute Gasteiger partial charge is 0.364 e. The van der Waals surface area contributed by atoms with Crippen LogP contribution in [-0.2, 0) is 4.84 Å². The van der Waals surface area contributed by atoms with Gasteiger partial charge in [0.25, 0.3) is 0 Å². The van der Waals surface area contributed by atoms with Gasteiger partial charge < -0.3 is 4.84 Å². The van der Waals surface area contributed by atoms with Gasteiger partial charge in [-0.2, -0.15) is 0 Å². The van der Waals surface area contributed by atoms with E-state index in [9.17, 15) is 0 Å². The number of nitrogens with one attached hydrogen (secondary N) is 1. The molecule has 1 aromatic heterocycles. The molecule has 1 N–H and O–H groups in total. The molecule has 1 aromatic rings. The fourth-order valence-corrected chi connectivity index (χ4v) is 1.00. The highest BCUT2D eigenvalue weighted by atomic mass is 32.1. The molecule has 6 heteroatoms. The summed E-state index contributed by atoms with van der Waals surface area (Å²) in [5.74, 6) is 0.662.